The van der Waals surface area contributed by atoms with Gasteiger partial charge in [-0.1, -0.05) is 15.9 Å². The molecule has 0 spiro atoms. The molecule has 0 saturated heterocycles. The second-order valence-electron chi connectivity index (χ2n) is 6.01. The minimum Gasteiger partial charge on any atom is -0.164 e. The molecule has 0 aliphatic carbocycles. The first kappa shape index (κ1) is 45.9. The summed E-state index contributed by atoms with van der Waals surface area (Å²) in [7, 11) is -5.08. The molecule has 56 heavy (non-hydrogen) atoms. The molecule has 0 saturated carbocycles. The summed E-state index contributed by atoms with van der Waals surface area (Å²) in [5.74, 6) is 39.8. The summed E-state index contributed by atoms with van der Waals surface area (Å²) in [6.45, 7) is 3.28. The number of hydrogen-bond acceptors (Lipinski definition) is 15. The highest BCUT2D eigenvalue weighted by Gasteiger charge is 2.17. The largest absolute Gasteiger partial charge is 0.457 e. The van der Waals surface area contributed by atoms with Crippen molar-refractivity contribution in [1.82, 2.24) is 0 Å². The van der Waals surface area contributed by atoms with Gasteiger partial charge in [0.2, 0.25) is 0 Å². The van der Waals surface area contributed by atoms with E-state index in [9.17, 15) is 8.42 Å². The average molecular weight is 758 g/mol. The fraction of sp³-hybridized carbons (Fsp3) is 0. The van der Waals surface area contributed by atoms with Crippen LogP contribution in [-0.4, -0.2) is 14.3 Å². The summed E-state index contributed by atoms with van der Waals surface area (Å²) in [5.41, 5.74) is 35.9. The van der Waals surface area contributed by atoms with Crippen LogP contribution in [-0.2, 0) is 54.2 Å². The summed E-state index contributed by atoms with van der Waals surface area (Å²) < 4.78 is 29.5. The van der Waals surface area contributed by atoms with Gasteiger partial charge in [-0.2, -0.15) is 18.4 Å². The van der Waals surface area contributed by atoms with Crippen LogP contribution in [0.2, 0.25) is 0 Å². The van der Waals surface area contributed by atoms with E-state index in [-0.39, 0.29) is 0 Å². The molecule has 21 heteroatoms. The maximum absolute atomic E-state index is 11.2. The first-order valence-corrected chi connectivity index (χ1v) is 13.8. The van der Waals surface area contributed by atoms with Gasteiger partial charge < -0.3 is 0 Å². The van der Waals surface area contributed by atoms with Gasteiger partial charge in [0.1, 0.15) is 0 Å². The third-order valence-electron chi connectivity index (χ3n) is 2.78. The highest BCUT2D eigenvalue weighted by molar-refractivity contribution is 7.81. The second kappa shape index (κ2) is 39.3. The Bertz CT molecular complexity index is 2930. The molecule has 20 nitrogen and oxygen atoms in total. The van der Waals surface area contributed by atoms with E-state index < -0.39 is 10.4 Å². The minimum atomic E-state index is -5.08. The Hall–Kier alpha value is -10.1. The second-order valence-corrected chi connectivity index (χ2v) is 7.10. The monoisotopic (exact) mass is 757 g/mol. The molecule has 0 heterocycles. The Morgan fingerprint density at radius 3 is 1.34 bits per heavy atom. The number of terminal acetylenes is 1. The lowest BCUT2D eigenvalue weighted by Crippen LogP contribution is -2.11. The van der Waals surface area contributed by atoms with Crippen molar-refractivity contribution in [3.8, 4) is 107 Å². The van der Waals surface area contributed by atoms with E-state index in [0.29, 0.717) is 0 Å². The summed E-state index contributed by atoms with van der Waals surface area (Å²) in [6.07, 6.45) is 4.92. The van der Waals surface area contributed by atoms with Crippen LogP contribution in [0.1, 0.15) is 0 Å². The summed E-state index contributed by atoms with van der Waals surface area (Å²) >= 11 is 0. The molecule has 260 valence electrons. The van der Waals surface area contributed by atoms with Gasteiger partial charge >= 0.3 is 10.4 Å². The van der Waals surface area contributed by atoms with Gasteiger partial charge in [-0.3, -0.25) is 0 Å². The smallest absolute Gasteiger partial charge is 0.164 e. The van der Waals surface area contributed by atoms with Crippen LogP contribution < -0.4 is 0 Å². The Kier molecular flexibility index (Phi) is 32.2. The van der Waals surface area contributed by atoms with E-state index in [1.807, 2.05) is 0 Å². The summed E-state index contributed by atoms with van der Waals surface area (Å²) in [6, 6.07) is 2.10. The lowest BCUT2D eigenvalue weighted by Gasteiger charge is -1.98. The molecule has 0 amide bonds. The predicted molar refractivity (Wildman–Crippen MR) is 175 cm³/mol. The van der Waals surface area contributed by atoms with Gasteiger partial charge in [0.05, 0.1) is 22.5 Å². The number of nitrogens with zero attached hydrogens (tertiary/aromatic N) is 9. The van der Waals surface area contributed by atoms with Crippen LogP contribution >= 0.6 is 0 Å². The molecule has 0 radical (unpaired) electrons. The molecule has 0 rings (SSSR count). The molecule has 0 fully saturated rings. The van der Waals surface area contributed by atoms with Crippen molar-refractivity contribution in [3.05, 3.63) is 92.5 Å². The van der Waals surface area contributed by atoms with E-state index in [1.165, 1.54) is 0 Å². The molecule has 0 bridgehead atoms. The van der Waals surface area contributed by atoms with Crippen molar-refractivity contribution >= 4 is 16.3 Å². The van der Waals surface area contributed by atoms with Crippen LogP contribution in [0.25, 0.3) is 0 Å². The zero-order valence-electron chi connectivity index (χ0n) is 26.7. The lowest BCUT2D eigenvalue weighted by atomic mass is 10.5. The maximum atomic E-state index is 11.2. The minimum absolute atomic E-state index is 2.09. The number of hydrogen-bond donors (Lipinski definition) is 0. The average Bonchev–Trinajstić information content (AvgIpc) is 3.19. The van der Waals surface area contributed by atoms with Gasteiger partial charge in [0.25, 0.3) is 0 Å². The standard InChI is InChI=1S/C35H3N9O11S/c1-3-5-7-9-11-13-15-17-19-21-23-25-27-29-31-33-35-37-39-41-43-47-49-51-53-55-56(45,46)54-52-50-48-44-42-40-38-36-34-32-30-28-26-24-22-20-18-16-14-12-10-8-6-4-2/h1H,2H2/b39-37?,40-38+,43-41+,44-42+. The summed E-state index contributed by atoms with van der Waals surface area (Å²) in [5, 5.41) is 44.8. The molecule has 0 aromatic rings. The van der Waals surface area contributed by atoms with Crippen LogP contribution in [0.4, 0.5) is 0 Å². The quantitative estimate of drug-likeness (QED) is 0.0476. The topological polar surface area (TPSA) is 228 Å². The van der Waals surface area contributed by atoms with Crippen LogP contribution in [0, 0.1) is 107 Å². The Labute approximate surface area is 314 Å². The number of rotatable bonds is 14. The molecule has 0 aliphatic heterocycles. The third kappa shape index (κ3) is 40.0. The van der Waals surface area contributed by atoms with Crippen molar-refractivity contribution in [2.24, 2.45) is 46.9 Å². The zero-order valence-corrected chi connectivity index (χ0v) is 27.5. The van der Waals surface area contributed by atoms with E-state index in [4.69, 9.17) is 6.42 Å². The van der Waals surface area contributed by atoms with Crippen LogP contribution in [0.3, 0.4) is 0 Å². The van der Waals surface area contributed by atoms with E-state index >= 15 is 0 Å². The summed E-state index contributed by atoms with van der Waals surface area (Å²) in [4.78, 5) is 7.66. The van der Waals surface area contributed by atoms with Gasteiger partial charge in [-0.05, 0) is 123 Å². The fourth-order valence-electron chi connectivity index (χ4n) is 1.30. The van der Waals surface area contributed by atoms with Crippen molar-refractivity contribution in [2.45, 2.75) is 0 Å². The molecular weight excluding hydrogens is 755 g/mol. The molecule has 0 aromatic heterocycles. The van der Waals surface area contributed by atoms with Crippen LogP contribution in [0.5, 0.6) is 0 Å². The zero-order chi connectivity index (χ0) is 40.6. The Morgan fingerprint density at radius 2 is 0.839 bits per heavy atom. The SMILES string of the molecule is C#CC#CC#CC#CC#CC#CC#CC#CC#CN=N/N=N/OOOOOS(=O)(=O)OOOO/N=N/N=N/N=C=C=C=C=C=C=C=C=C=C=C=C=C=C=C=C=C. The van der Waals surface area contributed by atoms with Gasteiger partial charge in [-0.25, -0.2) is 0 Å². The fourth-order valence-corrected chi connectivity index (χ4v) is 1.50. The maximum Gasteiger partial charge on any atom is 0.457 e. The van der Waals surface area contributed by atoms with Crippen LogP contribution in [0.15, 0.2) is 139 Å². The van der Waals surface area contributed by atoms with Gasteiger partial charge in [0.15, 0.2) is 0 Å². The molecule has 0 unspecified atom stereocenters. The lowest BCUT2D eigenvalue weighted by molar-refractivity contribution is -0.696. The van der Waals surface area contributed by atoms with Crippen molar-refractivity contribution in [3.63, 3.8) is 0 Å². The first-order chi connectivity index (χ1) is 27.6. The van der Waals surface area contributed by atoms with E-state index in [2.05, 4.69) is 290 Å². The highest BCUT2D eigenvalue weighted by atomic mass is 32.3. The predicted octanol–water partition coefficient (Wildman–Crippen LogP) is 2.97. The normalized spacial score (nSPS) is 7.55. The Balaban J connectivity index is 4.30. The first-order valence-electron chi connectivity index (χ1n) is 12.4. The van der Waals surface area contributed by atoms with Gasteiger partial charge in [-0.15, -0.1) is 6.42 Å². The van der Waals surface area contributed by atoms with Crippen molar-refractivity contribution < 1.29 is 52.3 Å². The van der Waals surface area contributed by atoms with E-state index in [0.717, 1.165) is 0 Å². The molecule has 0 aromatic carbocycles. The molecule has 0 aliphatic rings. The molecule has 0 N–H and O–H groups in total. The van der Waals surface area contributed by atoms with E-state index in [1.54, 1.807) is 0 Å². The molecule has 0 atom stereocenters. The Morgan fingerprint density at radius 1 is 0.429 bits per heavy atom. The third-order valence-corrected chi connectivity index (χ3v) is 3.22. The van der Waals surface area contributed by atoms with Crippen molar-refractivity contribution in [2.75, 3.05) is 0 Å². The van der Waals surface area contributed by atoms with Crippen molar-refractivity contribution in [1.29, 1.82) is 0 Å². The highest BCUT2D eigenvalue weighted by Crippen LogP contribution is 2.00. The van der Waals surface area contributed by atoms with Gasteiger partial charge in [0, 0.05) is 118 Å². The molecular formula is C35H3N9O11S.